The second kappa shape index (κ2) is 4.78. The fourth-order valence-corrected chi connectivity index (χ4v) is 3.91. The van der Waals surface area contributed by atoms with E-state index in [4.69, 9.17) is 0 Å². The highest BCUT2D eigenvalue weighted by Crippen LogP contribution is 2.21. The lowest BCUT2D eigenvalue weighted by Gasteiger charge is -2.13. The Balaban J connectivity index is 2.24. The molecule has 1 aromatic carbocycles. The van der Waals surface area contributed by atoms with Gasteiger partial charge in [0, 0.05) is 6.04 Å². The molecule has 0 bridgehead atoms. The van der Waals surface area contributed by atoms with Crippen molar-refractivity contribution in [3.05, 3.63) is 29.3 Å². The molecule has 0 amide bonds. The van der Waals surface area contributed by atoms with E-state index in [0.29, 0.717) is 4.90 Å². The molecule has 0 radical (unpaired) electrons. The second-order valence-corrected chi connectivity index (χ2v) is 6.64. The van der Waals surface area contributed by atoms with Crippen LogP contribution in [0.3, 0.4) is 0 Å². The summed E-state index contributed by atoms with van der Waals surface area (Å²) in [6.07, 6.45) is 4.17. The molecule has 17 heavy (non-hydrogen) atoms. The summed E-state index contributed by atoms with van der Waals surface area (Å²) in [5.41, 5.74) is 1.97. The number of nitrogens with one attached hydrogen (secondary N) is 1. The molecule has 0 aromatic heterocycles. The Morgan fingerprint density at radius 1 is 1.06 bits per heavy atom. The topological polar surface area (TPSA) is 46.2 Å². The Morgan fingerprint density at radius 2 is 1.59 bits per heavy atom. The molecule has 0 saturated heterocycles. The van der Waals surface area contributed by atoms with Gasteiger partial charge in [-0.05, 0) is 49.9 Å². The molecule has 1 aromatic rings. The minimum atomic E-state index is -3.34. The van der Waals surface area contributed by atoms with Crippen LogP contribution in [0.25, 0.3) is 0 Å². The average molecular weight is 253 g/mol. The Bertz CT molecular complexity index is 482. The lowest BCUT2D eigenvalue weighted by molar-refractivity contribution is 0.552. The molecule has 3 nitrogen and oxygen atoms in total. The van der Waals surface area contributed by atoms with Crippen molar-refractivity contribution in [3.63, 3.8) is 0 Å². The molecule has 2 rings (SSSR count). The highest BCUT2D eigenvalue weighted by atomic mass is 32.2. The second-order valence-electron chi connectivity index (χ2n) is 4.93. The van der Waals surface area contributed by atoms with Gasteiger partial charge in [0.2, 0.25) is 10.0 Å². The molecule has 94 valence electrons. The molecule has 0 heterocycles. The fourth-order valence-electron chi connectivity index (χ4n) is 2.42. The van der Waals surface area contributed by atoms with Gasteiger partial charge in [0.05, 0.1) is 4.90 Å². The highest BCUT2D eigenvalue weighted by Gasteiger charge is 2.22. The molecule has 0 aliphatic heterocycles. The molecular weight excluding hydrogens is 234 g/mol. The summed E-state index contributed by atoms with van der Waals surface area (Å²) in [5, 5.41) is 0. The summed E-state index contributed by atoms with van der Waals surface area (Å²) in [5.74, 6) is 0. The van der Waals surface area contributed by atoms with Crippen LogP contribution in [0.4, 0.5) is 0 Å². The number of benzene rings is 1. The van der Waals surface area contributed by atoms with Crippen molar-refractivity contribution >= 4 is 10.0 Å². The maximum absolute atomic E-state index is 12.2. The Kier molecular flexibility index (Phi) is 3.54. The van der Waals surface area contributed by atoms with Crippen molar-refractivity contribution in [3.8, 4) is 0 Å². The van der Waals surface area contributed by atoms with Crippen LogP contribution in [0.5, 0.6) is 0 Å². The van der Waals surface area contributed by atoms with Crippen LogP contribution >= 0.6 is 0 Å². The van der Waals surface area contributed by atoms with Gasteiger partial charge in [0.25, 0.3) is 0 Å². The van der Waals surface area contributed by atoms with Crippen LogP contribution < -0.4 is 4.72 Å². The van der Waals surface area contributed by atoms with E-state index in [1.54, 1.807) is 12.1 Å². The van der Waals surface area contributed by atoms with E-state index in [2.05, 4.69) is 4.72 Å². The van der Waals surface area contributed by atoms with Gasteiger partial charge in [-0.1, -0.05) is 18.9 Å². The van der Waals surface area contributed by atoms with Crippen LogP contribution in [-0.2, 0) is 10.0 Å². The van der Waals surface area contributed by atoms with Crippen LogP contribution in [-0.4, -0.2) is 14.5 Å². The quantitative estimate of drug-likeness (QED) is 0.899. The predicted octanol–water partition coefficient (Wildman–Crippen LogP) is 2.52. The lowest BCUT2D eigenvalue weighted by Crippen LogP contribution is -2.32. The summed E-state index contributed by atoms with van der Waals surface area (Å²) in [6, 6.07) is 5.56. The van der Waals surface area contributed by atoms with Gasteiger partial charge in [-0.15, -0.1) is 0 Å². The van der Waals surface area contributed by atoms with Gasteiger partial charge in [-0.2, -0.15) is 0 Å². The summed E-state index contributed by atoms with van der Waals surface area (Å²) in [6.45, 7) is 3.84. The zero-order valence-corrected chi connectivity index (χ0v) is 11.2. The zero-order valence-electron chi connectivity index (χ0n) is 10.4. The van der Waals surface area contributed by atoms with Crippen LogP contribution in [0, 0.1) is 13.8 Å². The largest absolute Gasteiger partial charge is 0.240 e. The summed E-state index contributed by atoms with van der Waals surface area (Å²) >= 11 is 0. The van der Waals surface area contributed by atoms with Gasteiger partial charge >= 0.3 is 0 Å². The highest BCUT2D eigenvalue weighted by molar-refractivity contribution is 7.89. The number of rotatable bonds is 3. The Labute approximate surface area is 103 Å². The lowest BCUT2D eigenvalue weighted by atomic mass is 10.2. The summed E-state index contributed by atoms with van der Waals surface area (Å²) in [7, 11) is -3.34. The third kappa shape index (κ3) is 3.07. The minimum absolute atomic E-state index is 0.126. The molecule has 4 heteroatoms. The van der Waals surface area contributed by atoms with Crippen molar-refractivity contribution in [1.82, 2.24) is 4.72 Å². The number of hydrogen-bond donors (Lipinski definition) is 1. The van der Waals surface area contributed by atoms with Gasteiger partial charge in [-0.25, -0.2) is 13.1 Å². The molecule has 1 aliphatic carbocycles. The predicted molar refractivity (Wildman–Crippen MR) is 68.5 cm³/mol. The average Bonchev–Trinajstić information content (AvgIpc) is 2.68. The van der Waals surface area contributed by atoms with Crippen molar-refractivity contribution in [2.75, 3.05) is 0 Å². The van der Waals surface area contributed by atoms with E-state index >= 15 is 0 Å². The third-order valence-electron chi connectivity index (χ3n) is 3.18. The first kappa shape index (κ1) is 12.6. The molecule has 0 atom stereocenters. The van der Waals surface area contributed by atoms with E-state index in [1.165, 1.54) is 0 Å². The normalized spacial score (nSPS) is 17.5. The molecule has 1 fully saturated rings. The van der Waals surface area contributed by atoms with Gasteiger partial charge in [0.15, 0.2) is 0 Å². The monoisotopic (exact) mass is 253 g/mol. The fraction of sp³-hybridized carbons (Fsp3) is 0.538. The number of aryl methyl sites for hydroxylation is 2. The van der Waals surface area contributed by atoms with Crippen molar-refractivity contribution in [2.24, 2.45) is 0 Å². The maximum Gasteiger partial charge on any atom is 0.240 e. The Hall–Kier alpha value is -0.870. The van der Waals surface area contributed by atoms with Crippen molar-refractivity contribution in [1.29, 1.82) is 0 Å². The zero-order chi connectivity index (χ0) is 12.5. The van der Waals surface area contributed by atoms with E-state index in [1.807, 2.05) is 19.9 Å². The first-order chi connectivity index (χ1) is 7.97. The molecule has 0 unspecified atom stereocenters. The molecule has 0 spiro atoms. The number of hydrogen-bond acceptors (Lipinski definition) is 2. The molecule has 1 aliphatic rings. The van der Waals surface area contributed by atoms with Crippen LogP contribution in [0.15, 0.2) is 23.1 Å². The van der Waals surface area contributed by atoms with E-state index < -0.39 is 10.0 Å². The maximum atomic E-state index is 12.2. The van der Waals surface area contributed by atoms with Crippen LogP contribution in [0.1, 0.15) is 36.8 Å². The van der Waals surface area contributed by atoms with E-state index in [-0.39, 0.29) is 6.04 Å². The van der Waals surface area contributed by atoms with Crippen LogP contribution in [0.2, 0.25) is 0 Å². The van der Waals surface area contributed by atoms with Gasteiger partial charge in [0.1, 0.15) is 0 Å². The van der Waals surface area contributed by atoms with Gasteiger partial charge in [-0.3, -0.25) is 0 Å². The smallest absolute Gasteiger partial charge is 0.208 e. The van der Waals surface area contributed by atoms with Gasteiger partial charge < -0.3 is 0 Å². The first-order valence-electron chi connectivity index (χ1n) is 6.08. The van der Waals surface area contributed by atoms with E-state index in [0.717, 1.165) is 36.8 Å². The van der Waals surface area contributed by atoms with Crippen molar-refractivity contribution in [2.45, 2.75) is 50.5 Å². The minimum Gasteiger partial charge on any atom is -0.208 e. The van der Waals surface area contributed by atoms with E-state index in [9.17, 15) is 8.42 Å². The SMILES string of the molecule is Cc1cc(C)cc(S(=O)(=O)NC2CCCC2)c1. The number of sulfonamides is 1. The first-order valence-corrected chi connectivity index (χ1v) is 7.56. The molecule has 1 N–H and O–H groups in total. The molecule has 1 saturated carbocycles. The standard InChI is InChI=1S/C13H19NO2S/c1-10-7-11(2)9-13(8-10)17(15,16)14-12-5-3-4-6-12/h7-9,12,14H,3-6H2,1-2H3. The molecular formula is C13H19NO2S. The Morgan fingerprint density at radius 3 is 2.12 bits per heavy atom. The summed E-state index contributed by atoms with van der Waals surface area (Å²) < 4.78 is 27.2. The third-order valence-corrected chi connectivity index (χ3v) is 4.68. The summed E-state index contributed by atoms with van der Waals surface area (Å²) in [4.78, 5) is 0.391. The van der Waals surface area contributed by atoms with Crippen molar-refractivity contribution < 1.29 is 8.42 Å².